The van der Waals surface area contributed by atoms with Crippen LogP contribution in [0.2, 0.25) is 0 Å². The molecular weight excluding hydrogens is 276 g/mol. The van der Waals surface area contributed by atoms with Crippen molar-refractivity contribution in [3.8, 4) is 0 Å². The number of rotatable bonds is 0. The maximum absolute atomic E-state index is 12.1. The molecule has 4 aliphatic carbocycles. The fourth-order valence-electron chi connectivity index (χ4n) is 7.00. The lowest BCUT2D eigenvalue weighted by atomic mass is 9.45. The molecule has 2 N–H and O–H groups in total. The Morgan fingerprint density at radius 2 is 1.68 bits per heavy atom. The van der Waals surface area contributed by atoms with Crippen molar-refractivity contribution in [3.63, 3.8) is 0 Å². The Hall–Kier alpha value is -0.410. The van der Waals surface area contributed by atoms with E-state index in [-0.39, 0.29) is 17.3 Å². The van der Waals surface area contributed by atoms with E-state index >= 15 is 0 Å². The quantitative estimate of drug-likeness (QED) is 0.723. The molecule has 124 valence electrons. The Morgan fingerprint density at radius 3 is 2.45 bits per heavy atom. The van der Waals surface area contributed by atoms with Gasteiger partial charge in [-0.25, -0.2) is 0 Å². The Kier molecular flexibility index (Phi) is 3.30. The van der Waals surface area contributed by atoms with E-state index in [2.05, 4.69) is 13.8 Å². The minimum absolute atomic E-state index is 0.0829. The van der Waals surface area contributed by atoms with E-state index in [4.69, 9.17) is 0 Å². The van der Waals surface area contributed by atoms with Gasteiger partial charge in [-0.05, 0) is 74.0 Å². The highest BCUT2D eigenvalue weighted by atomic mass is 16.3. The minimum atomic E-state index is -0.725. The van der Waals surface area contributed by atoms with Gasteiger partial charge in [0.2, 0.25) is 0 Å². The molecule has 0 aliphatic heterocycles. The topological polar surface area (TPSA) is 57.5 Å². The van der Waals surface area contributed by atoms with Gasteiger partial charge in [0.15, 0.2) is 5.78 Å². The lowest BCUT2D eigenvalue weighted by Crippen LogP contribution is -2.54. The van der Waals surface area contributed by atoms with Gasteiger partial charge in [-0.2, -0.15) is 0 Å². The smallest absolute Gasteiger partial charge is 0.162 e. The highest BCUT2D eigenvalue weighted by Crippen LogP contribution is 2.65. The molecule has 4 fully saturated rings. The second-order valence-electron chi connectivity index (χ2n) is 9.20. The second-order valence-corrected chi connectivity index (χ2v) is 9.20. The number of hydrogen-bond acceptors (Lipinski definition) is 3. The lowest BCUT2D eigenvalue weighted by molar-refractivity contribution is -0.138. The molecule has 3 nitrogen and oxygen atoms in total. The van der Waals surface area contributed by atoms with Crippen molar-refractivity contribution in [2.45, 2.75) is 77.4 Å². The number of fused-ring (bicyclic) bond motifs is 5. The fourth-order valence-corrected chi connectivity index (χ4v) is 7.00. The van der Waals surface area contributed by atoms with Crippen LogP contribution in [-0.4, -0.2) is 28.2 Å². The van der Waals surface area contributed by atoms with Gasteiger partial charge >= 0.3 is 0 Å². The third-order valence-electron chi connectivity index (χ3n) is 8.43. The van der Waals surface area contributed by atoms with Gasteiger partial charge in [0, 0.05) is 11.8 Å². The summed E-state index contributed by atoms with van der Waals surface area (Å²) in [7, 11) is 0. The monoisotopic (exact) mass is 306 g/mol. The average molecular weight is 306 g/mol. The standard InChI is InChI=1S/C19H30O3/c1-18-7-5-12(20)9-11(18)3-4-13-14(18)6-8-19(2)15(13)10-16(21)17(19)22/h11-15,17,20,22H,3-10H2,1-2H3/t11?,12-,13+,14-,15-,17-,18-,19-/m0/s1. The number of Topliss-reactive ketones (excluding diaryl/α,β-unsaturated/α-hetero) is 1. The predicted molar refractivity (Wildman–Crippen MR) is 84.1 cm³/mol. The number of hydrogen-bond donors (Lipinski definition) is 2. The summed E-state index contributed by atoms with van der Waals surface area (Å²) in [5, 5.41) is 20.4. The lowest BCUT2D eigenvalue weighted by Gasteiger charge is -2.60. The normalized spacial score (nSPS) is 57.9. The number of ketones is 1. The zero-order valence-electron chi connectivity index (χ0n) is 13.9. The summed E-state index contributed by atoms with van der Waals surface area (Å²) >= 11 is 0. The largest absolute Gasteiger partial charge is 0.393 e. The zero-order chi connectivity index (χ0) is 15.7. The zero-order valence-corrected chi connectivity index (χ0v) is 13.9. The maximum atomic E-state index is 12.1. The maximum Gasteiger partial charge on any atom is 0.162 e. The Labute approximate surface area is 133 Å². The minimum Gasteiger partial charge on any atom is -0.393 e. The van der Waals surface area contributed by atoms with Crippen LogP contribution in [0.15, 0.2) is 0 Å². The van der Waals surface area contributed by atoms with Crippen LogP contribution < -0.4 is 0 Å². The summed E-state index contributed by atoms with van der Waals surface area (Å²) in [5.41, 5.74) is 0.176. The van der Waals surface area contributed by atoms with Crippen LogP contribution in [0.5, 0.6) is 0 Å². The van der Waals surface area contributed by atoms with Gasteiger partial charge in [-0.3, -0.25) is 4.79 Å². The van der Waals surface area contributed by atoms with E-state index in [9.17, 15) is 15.0 Å². The first-order valence-corrected chi connectivity index (χ1v) is 9.25. The fraction of sp³-hybridized carbons (Fsp3) is 0.947. The molecular formula is C19H30O3. The van der Waals surface area contributed by atoms with Crippen molar-refractivity contribution in [2.24, 2.45) is 34.5 Å². The SMILES string of the molecule is C[C@]12CC[C@H]3[C@@H](CCC4C[C@@H](O)CC[C@@]43C)[C@@H]1CC(=O)[C@@H]2O. The van der Waals surface area contributed by atoms with E-state index in [1.54, 1.807) is 0 Å². The van der Waals surface area contributed by atoms with Gasteiger partial charge in [-0.15, -0.1) is 0 Å². The summed E-state index contributed by atoms with van der Waals surface area (Å²) in [5.74, 6) is 2.42. The molecule has 0 spiro atoms. The van der Waals surface area contributed by atoms with E-state index in [1.807, 2.05) is 0 Å². The van der Waals surface area contributed by atoms with Gasteiger partial charge < -0.3 is 10.2 Å². The molecule has 0 aromatic carbocycles. The first-order chi connectivity index (χ1) is 10.4. The Bertz CT molecular complexity index is 489. The summed E-state index contributed by atoms with van der Waals surface area (Å²) in [6, 6.07) is 0. The summed E-state index contributed by atoms with van der Waals surface area (Å²) in [4.78, 5) is 12.1. The van der Waals surface area contributed by atoms with Crippen LogP contribution in [0.1, 0.15) is 65.2 Å². The van der Waals surface area contributed by atoms with E-state index in [1.165, 1.54) is 12.8 Å². The molecule has 3 heteroatoms. The van der Waals surface area contributed by atoms with Crippen molar-refractivity contribution in [1.82, 2.24) is 0 Å². The molecule has 0 bridgehead atoms. The Morgan fingerprint density at radius 1 is 0.955 bits per heavy atom. The van der Waals surface area contributed by atoms with Crippen LogP contribution in [0.4, 0.5) is 0 Å². The number of carbonyl (C=O) groups is 1. The number of carbonyl (C=O) groups excluding carboxylic acids is 1. The van der Waals surface area contributed by atoms with E-state index in [0.29, 0.717) is 35.5 Å². The number of aliphatic hydroxyl groups excluding tert-OH is 2. The van der Waals surface area contributed by atoms with Crippen LogP contribution in [-0.2, 0) is 4.79 Å². The van der Waals surface area contributed by atoms with Gasteiger partial charge in [0.05, 0.1) is 6.10 Å². The van der Waals surface area contributed by atoms with E-state index < -0.39 is 6.10 Å². The van der Waals surface area contributed by atoms with Crippen LogP contribution >= 0.6 is 0 Å². The van der Waals surface area contributed by atoms with Crippen LogP contribution in [0.25, 0.3) is 0 Å². The average Bonchev–Trinajstić information content (AvgIpc) is 2.72. The van der Waals surface area contributed by atoms with Crippen molar-refractivity contribution in [1.29, 1.82) is 0 Å². The molecule has 0 amide bonds. The second kappa shape index (κ2) is 4.80. The molecule has 0 aromatic rings. The first-order valence-electron chi connectivity index (χ1n) is 9.25. The molecule has 0 heterocycles. The molecule has 4 aliphatic rings. The predicted octanol–water partition coefficient (Wildman–Crippen LogP) is 2.93. The van der Waals surface area contributed by atoms with Crippen LogP contribution in [0.3, 0.4) is 0 Å². The first kappa shape index (κ1) is 15.1. The molecule has 0 radical (unpaired) electrons. The molecule has 1 unspecified atom stereocenters. The molecule has 0 saturated heterocycles. The molecule has 4 rings (SSSR count). The molecule has 22 heavy (non-hydrogen) atoms. The summed E-state index contributed by atoms with van der Waals surface area (Å²) < 4.78 is 0. The van der Waals surface area contributed by atoms with Crippen molar-refractivity contribution in [2.75, 3.05) is 0 Å². The van der Waals surface area contributed by atoms with Crippen molar-refractivity contribution < 1.29 is 15.0 Å². The summed E-state index contributed by atoms with van der Waals surface area (Å²) in [6.45, 7) is 4.61. The third kappa shape index (κ3) is 1.84. The molecule has 4 saturated carbocycles. The number of aliphatic hydroxyl groups is 2. The van der Waals surface area contributed by atoms with E-state index in [0.717, 1.165) is 32.1 Å². The van der Waals surface area contributed by atoms with Crippen molar-refractivity contribution >= 4 is 5.78 Å². The molecule has 8 atom stereocenters. The molecule has 0 aromatic heterocycles. The Balaban J connectivity index is 1.64. The van der Waals surface area contributed by atoms with Gasteiger partial charge in [-0.1, -0.05) is 13.8 Å². The van der Waals surface area contributed by atoms with Gasteiger partial charge in [0.1, 0.15) is 6.10 Å². The van der Waals surface area contributed by atoms with Crippen molar-refractivity contribution in [3.05, 3.63) is 0 Å². The highest BCUT2D eigenvalue weighted by Gasteiger charge is 2.62. The van der Waals surface area contributed by atoms with Crippen LogP contribution in [0, 0.1) is 34.5 Å². The third-order valence-corrected chi connectivity index (χ3v) is 8.43. The summed E-state index contributed by atoms with van der Waals surface area (Å²) in [6.07, 6.45) is 7.38. The van der Waals surface area contributed by atoms with Gasteiger partial charge in [0.25, 0.3) is 0 Å². The highest BCUT2D eigenvalue weighted by molar-refractivity contribution is 5.86.